The summed E-state index contributed by atoms with van der Waals surface area (Å²) in [5, 5.41) is 14.5. The Labute approximate surface area is 168 Å². The first kappa shape index (κ1) is 18.5. The first-order chi connectivity index (χ1) is 13.7. The number of rotatable bonds is 5. The maximum Gasteiger partial charge on any atom is 0.180 e. The summed E-state index contributed by atoms with van der Waals surface area (Å²) in [5.74, 6) is -0.274. The molecule has 4 aromatic carbocycles. The fraction of sp³-hybridized carbons (Fsp3) is 0.0400. The smallest absolute Gasteiger partial charge is 0.180 e. The number of hydrogen-bond acceptors (Lipinski definition) is 1. The van der Waals surface area contributed by atoms with Crippen molar-refractivity contribution in [2.24, 2.45) is 0 Å². The van der Waals surface area contributed by atoms with Gasteiger partial charge in [0.25, 0.3) is 0 Å². The highest BCUT2D eigenvalue weighted by Crippen LogP contribution is 2.43. The third kappa shape index (κ3) is 3.59. The molecule has 0 saturated heterocycles. The van der Waals surface area contributed by atoms with E-state index < -0.39 is 5.60 Å². The average Bonchev–Trinajstić information content (AvgIpc) is 2.76. The molecule has 0 saturated carbocycles. The van der Waals surface area contributed by atoms with Crippen LogP contribution >= 0.6 is 11.8 Å². The van der Waals surface area contributed by atoms with Crippen molar-refractivity contribution in [1.82, 2.24) is 0 Å². The highest BCUT2D eigenvalue weighted by atomic mass is 32.2. The van der Waals surface area contributed by atoms with Crippen molar-refractivity contribution in [2.75, 3.05) is 0 Å². The van der Waals surface area contributed by atoms with E-state index in [0.29, 0.717) is 16.7 Å². The van der Waals surface area contributed by atoms with Crippen LogP contribution in [0.15, 0.2) is 119 Å². The van der Waals surface area contributed by atoms with Crippen LogP contribution in [0.2, 0.25) is 0 Å². The van der Waals surface area contributed by atoms with Crippen LogP contribution in [-0.2, 0) is 10.7 Å². The zero-order chi connectivity index (χ0) is 19.4. The first-order valence-corrected chi connectivity index (χ1v) is 9.84. The molecule has 0 aliphatic heterocycles. The highest BCUT2D eigenvalue weighted by Gasteiger charge is 2.37. The zero-order valence-corrected chi connectivity index (χ0v) is 15.9. The molecule has 0 fully saturated rings. The van der Waals surface area contributed by atoms with Crippen molar-refractivity contribution >= 4 is 11.8 Å². The molecule has 0 bridgehead atoms. The lowest BCUT2D eigenvalue weighted by molar-refractivity contribution is 0.0388. The molecule has 0 aliphatic rings. The van der Waals surface area contributed by atoms with Gasteiger partial charge in [-0.3, -0.25) is 0 Å². The molecule has 0 aromatic heterocycles. The van der Waals surface area contributed by atoms with Gasteiger partial charge in [-0.2, -0.15) is 0 Å². The lowest BCUT2D eigenvalue weighted by Gasteiger charge is -2.29. The largest absolute Gasteiger partial charge is 0.214 e. The fourth-order valence-electron chi connectivity index (χ4n) is 3.30. The van der Waals surface area contributed by atoms with Gasteiger partial charge in [-0.25, -0.2) is 9.50 Å². The minimum Gasteiger partial charge on any atom is -0.214 e. The standard InChI is InChI=1S/C25H18FOS/c26-21-15-17-22(18-16-21)28-24-14-8-7-13-23(24)25(27,19-9-3-1-4-10-19)20-11-5-2-6-12-20/h1-18H. The molecule has 137 valence electrons. The summed E-state index contributed by atoms with van der Waals surface area (Å²) in [7, 11) is 0. The van der Waals surface area contributed by atoms with E-state index in [1.807, 2.05) is 84.9 Å². The molecular formula is C25H18FOS. The van der Waals surface area contributed by atoms with Crippen molar-refractivity contribution < 1.29 is 9.50 Å². The van der Waals surface area contributed by atoms with Gasteiger partial charge in [0.2, 0.25) is 0 Å². The molecule has 0 N–H and O–H groups in total. The van der Waals surface area contributed by atoms with Crippen LogP contribution in [0, 0.1) is 5.82 Å². The summed E-state index contributed by atoms with van der Waals surface area (Å²) in [6.07, 6.45) is 0. The van der Waals surface area contributed by atoms with E-state index in [-0.39, 0.29) is 5.82 Å². The third-order valence-electron chi connectivity index (χ3n) is 4.67. The van der Waals surface area contributed by atoms with Crippen molar-refractivity contribution in [3.05, 3.63) is 132 Å². The second kappa shape index (κ2) is 8.01. The quantitative estimate of drug-likeness (QED) is 0.350. The van der Waals surface area contributed by atoms with Crippen molar-refractivity contribution in [3.63, 3.8) is 0 Å². The van der Waals surface area contributed by atoms with E-state index in [1.54, 1.807) is 12.1 Å². The summed E-state index contributed by atoms with van der Waals surface area (Å²) >= 11 is 1.47. The Morgan fingerprint density at radius 1 is 0.607 bits per heavy atom. The Bertz CT molecular complexity index is 1010. The molecule has 0 unspecified atom stereocenters. The van der Waals surface area contributed by atoms with Gasteiger partial charge >= 0.3 is 0 Å². The second-order valence-electron chi connectivity index (χ2n) is 6.47. The van der Waals surface area contributed by atoms with E-state index in [2.05, 4.69) is 0 Å². The van der Waals surface area contributed by atoms with Gasteiger partial charge in [-0.1, -0.05) is 90.6 Å². The van der Waals surface area contributed by atoms with Crippen LogP contribution in [0.4, 0.5) is 4.39 Å². The zero-order valence-electron chi connectivity index (χ0n) is 15.1. The molecule has 0 spiro atoms. The van der Waals surface area contributed by atoms with E-state index >= 15 is 0 Å². The van der Waals surface area contributed by atoms with Crippen LogP contribution in [0.25, 0.3) is 0 Å². The van der Waals surface area contributed by atoms with Crippen LogP contribution in [0.3, 0.4) is 0 Å². The summed E-state index contributed by atoms with van der Waals surface area (Å²) in [6.45, 7) is 0. The lowest BCUT2D eigenvalue weighted by atomic mass is 9.80. The first-order valence-electron chi connectivity index (χ1n) is 9.02. The topological polar surface area (TPSA) is 19.9 Å². The number of hydrogen-bond donors (Lipinski definition) is 0. The fourth-order valence-corrected chi connectivity index (χ4v) is 4.29. The Morgan fingerprint density at radius 2 is 1.11 bits per heavy atom. The molecule has 1 radical (unpaired) electrons. The molecule has 1 nitrogen and oxygen atoms in total. The monoisotopic (exact) mass is 385 g/mol. The average molecular weight is 385 g/mol. The van der Waals surface area contributed by atoms with E-state index in [9.17, 15) is 9.50 Å². The van der Waals surface area contributed by atoms with Gasteiger partial charge in [0, 0.05) is 15.4 Å². The van der Waals surface area contributed by atoms with Gasteiger partial charge in [0.15, 0.2) is 5.60 Å². The van der Waals surface area contributed by atoms with Gasteiger partial charge in [-0.15, -0.1) is 0 Å². The molecule has 3 heteroatoms. The second-order valence-corrected chi connectivity index (χ2v) is 7.58. The predicted molar refractivity (Wildman–Crippen MR) is 110 cm³/mol. The number of benzene rings is 4. The number of halogens is 1. The van der Waals surface area contributed by atoms with Gasteiger partial charge < -0.3 is 0 Å². The minimum atomic E-state index is -1.55. The molecule has 0 aliphatic carbocycles. The van der Waals surface area contributed by atoms with Crippen LogP contribution < -0.4 is 0 Å². The van der Waals surface area contributed by atoms with Crippen molar-refractivity contribution in [2.45, 2.75) is 15.4 Å². The maximum absolute atomic E-state index is 14.5. The molecule has 0 amide bonds. The summed E-state index contributed by atoms with van der Waals surface area (Å²) in [6, 6.07) is 32.9. The molecule has 4 aromatic rings. The van der Waals surface area contributed by atoms with Gasteiger partial charge in [0.1, 0.15) is 5.82 Å². The lowest BCUT2D eigenvalue weighted by Crippen LogP contribution is -2.28. The van der Waals surface area contributed by atoms with Crippen LogP contribution in [-0.4, -0.2) is 0 Å². The minimum absolute atomic E-state index is 0.274. The van der Waals surface area contributed by atoms with Crippen LogP contribution in [0.5, 0.6) is 0 Å². The predicted octanol–water partition coefficient (Wildman–Crippen LogP) is 6.70. The molecular weight excluding hydrogens is 367 g/mol. The summed E-state index contributed by atoms with van der Waals surface area (Å²) in [5.41, 5.74) is 0.509. The van der Waals surface area contributed by atoms with E-state index in [0.717, 1.165) is 9.79 Å². The Balaban J connectivity index is 1.87. The third-order valence-corrected chi connectivity index (χ3v) is 5.75. The Hall–Kier alpha value is -2.88. The van der Waals surface area contributed by atoms with Crippen molar-refractivity contribution in [3.8, 4) is 0 Å². The Kier molecular flexibility index (Phi) is 5.29. The molecule has 0 heterocycles. The van der Waals surface area contributed by atoms with Crippen molar-refractivity contribution in [1.29, 1.82) is 0 Å². The van der Waals surface area contributed by atoms with Crippen LogP contribution in [0.1, 0.15) is 16.7 Å². The van der Waals surface area contributed by atoms with Gasteiger partial charge in [-0.05, 0) is 41.5 Å². The molecule has 4 rings (SSSR count). The summed E-state index contributed by atoms with van der Waals surface area (Å²) < 4.78 is 13.3. The van der Waals surface area contributed by atoms with E-state index in [1.165, 1.54) is 23.9 Å². The Morgan fingerprint density at radius 3 is 1.68 bits per heavy atom. The highest BCUT2D eigenvalue weighted by molar-refractivity contribution is 7.99. The SMILES string of the molecule is [O]C(c1ccccc1)(c1ccccc1)c1ccccc1Sc1ccc(F)cc1. The normalized spacial score (nSPS) is 11.4. The summed E-state index contributed by atoms with van der Waals surface area (Å²) in [4.78, 5) is 1.74. The molecule has 0 atom stereocenters. The maximum atomic E-state index is 14.5. The molecule has 28 heavy (non-hydrogen) atoms. The van der Waals surface area contributed by atoms with Gasteiger partial charge in [0.05, 0.1) is 0 Å². The van der Waals surface area contributed by atoms with E-state index in [4.69, 9.17) is 0 Å².